The Bertz CT molecular complexity index is 1220. The van der Waals surface area contributed by atoms with Gasteiger partial charge in [0, 0.05) is 16.3 Å². The van der Waals surface area contributed by atoms with E-state index in [1.165, 1.54) is 4.90 Å². The number of carbonyl (C=O) groups excluding carboxylic acids is 2. The van der Waals surface area contributed by atoms with Gasteiger partial charge in [0.2, 0.25) is 0 Å². The Balaban J connectivity index is 1.96. The summed E-state index contributed by atoms with van der Waals surface area (Å²) in [4.78, 5) is 27.9. The molecule has 32 heavy (non-hydrogen) atoms. The fourth-order valence-corrected chi connectivity index (χ4v) is 4.06. The molecule has 3 aromatic carbocycles. The van der Waals surface area contributed by atoms with Gasteiger partial charge in [-0.2, -0.15) is 0 Å². The third-order valence-electron chi connectivity index (χ3n) is 5.42. The second-order valence-corrected chi connectivity index (χ2v) is 7.90. The van der Waals surface area contributed by atoms with Crippen molar-refractivity contribution in [2.75, 3.05) is 11.5 Å². The fourth-order valence-electron chi connectivity index (χ4n) is 3.93. The summed E-state index contributed by atoms with van der Waals surface area (Å²) in [6.45, 7) is 4.24. The lowest BCUT2D eigenvalue weighted by molar-refractivity contribution is -0.132. The molecule has 5 nitrogen and oxygen atoms in total. The van der Waals surface area contributed by atoms with Gasteiger partial charge in [-0.3, -0.25) is 14.5 Å². The molecule has 1 aliphatic heterocycles. The van der Waals surface area contributed by atoms with Crippen LogP contribution in [0.5, 0.6) is 5.75 Å². The van der Waals surface area contributed by atoms with Crippen LogP contribution < -0.4 is 9.64 Å². The lowest BCUT2D eigenvalue weighted by Crippen LogP contribution is -2.30. The number of anilines is 1. The number of ketones is 1. The molecule has 1 saturated heterocycles. The topological polar surface area (TPSA) is 66.8 Å². The largest absolute Gasteiger partial charge is 0.507 e. The van der Waals surface area contributed by atoms with Gasteiger partial charge in [0.25, 0.3) is 11.7 Å². The van der Waals surface area contributed by atoms with Crippen molar-refractivity contribution in [1.29, 1.82) is 0 Å². The Morgan fingerprint density at radius 1 is 1.03 bits per heavy atom. The molecule has 4 rings (SSSR count). The number of rotatable bonds is 5. The summed E-state index contributed by atoms with van der Waals surface area (Å²) >= 11 is 5.98. The van der Waals surface area contributed by atoms with Crippen LogP contribution in [0.15, 0.2) is 78.4 Å². The van der Waals surface area contributed by atoms with E-state index in [9.17, 15) is 14.7 Å². The van der Waals surface area contributed by atoms with Crippen LogP contribution >= 0.6 is 11.6 Å². The number of Topliss-reactive ketones (excluding diaryl/α,β-unsaturated/α-hetero) is 1. The third-order valence-corrected chi connectivity index (χ3v) is 5.67. The highest BCUT2D eigenvalue weighted by Crippen LogP contribution is 2.43. The number of hydrogen-bond acceptors (Lipinski definition) is 4. The molecule has 1 heterocycles. The van der Waals surface area contributed by atoms with Crippen LogP contribution in [0.1, 0.15) is 29.7 Å². The summed E-state index contributed by atoms with van der Waals surface area (Å²) in [5.74, 6) is -1.07. The highest BCUT2D eigenvalue weighted by Gasteiger charge is 2.47. The molecule has 1 atom stereocenters. The molecule has 1 fully saturated rings. The van der Waals surface area contributed by atoms with Crippen LogP contribution in [0.25, 0.3) is 5.76 Å². The molecule has 0 radical (unpaired) electrons. The van der Waals surface area contributed by atoms with Crippen LogP contribution in [-0.2, 0) is 9.59 Å². The van der Waals surface area contributed by atoms with Crippen LogP contribution in [0.3, 0.4) is 0 Å². The molecular formula is C26H22ClNO4. The lowest BCUT2D eigenvalue weighted by Gasteiger charge is -2.27. The van der Waals surface area contributed by atoms with Crippen molar-refractivity contribution >= 4 is 34.7 Å². The number of benzene rings is 3. The first-order chi connectivity index (χ1) is 15.4. The summed E-state index contributed by atoms with van der Waals surface area (Å²) in [5, 5.41) is 11.6. The zero-order chi connectivity index (χ0) is 22.8. The molecule has 0 aromatic heterocycles. The fraction of sp³-hybridized carbons (Fsp3) is 0.154. The Labute approximate surface area is 191 Å². The zero-order valence-electron chi connectivity index (χ0n) is 17.7. The van der Waals surface area contributed by atoms with Crippen molar-refractivity contribution in [3.05, 3.63) is 100 Å². The summed E-state index contributed by atoms with van der Waals surface area (Å²) in [6.07, 6.45) is 0. The molecule has 0 saturated carbocycles. The second kappa shape index (κ2) is 8.89. The maximum atomic E-state index is 13.2. The Kier molecular flexibility index (Phi) is 6.01. The van der Waals surface area contributed by atoms with Crippen molar-refractivity contribution in [2.45, 2.75) is 19.9 Å². The number of ether oxygens (including phenoxy) is 1. The van der Waals surface area contributed by atoms with Crippen LogP contribution in [0.2, 0.25) is 5.02 Å². The maximum Gasteiger partial charge on any atom is 0.300 e. The minimum atomic E-state index is -0.813. The monoisotopic (exact) mass is 447 g/mol. The van der Waals surface area contributed by atoms with Gasteiger partial charge in [-0.05, 0) is 67.4 Å². The average Bonchev–Trinajstić information content (AvgIpc) is 3.05. The molecular weight excluding hydrogens is 426 g/mol. The molecule has 0 bridgehead atoms. The van der Waals surface area contributed by atoms with Crippen LogP contribution in [0.4, 0.5) is 5.69 Å². The number of aliphatic hydroxyl groups is 1. The summed E-state index contributed by atoms with van der Waals surface area (Å²) < 4.78 is 5.64. The van der Waals surface area contributed by atoms with Crippen molar-refractivity contribution in [2.24, 2.45) is 0 Å². The van der Waals surface area contributed by atoms with E-state index in [1.54, 1.807) is 42.5 Å². The number of hydrogen-bond donors (Lipinski definition) is 1. The number of aryl methyl sites for hydroxylation is 1. The first kappa shape index (κ1) is 21.7. The first-order valence-electron chi connectivity index (χ1n) is 10.3. The van der Waals surface area contributed by atoms with E-state index in [0.29, 0.717) is 34.2 Å². The van der Waals surface area contributed by atoms with E-state index < -0.39 is 17.7 Å². The number of halogens is 1. The highest BCUT2D eigenvalue weighted by atomic mass is 35.5. The smallest absolute Gasteiger partial charge is 0.300 e. The first-order valence-corrected chi connectivity index (χ1v) is 10.7. The quantitative estimate of drug-likeness (QED) is 0.310. The molecule has 6 heteroatoms. The molecule has 1 amide bonds. The number of amides is 1. The third kappa shape index (κ3) is 3.87. The number of para-hydroxylation sites is 1. The summed E-state index contributed by atoms with van der Waals surface area (Å²) in [6, 6.07) is 20.3. The van der Waals surface area contributed by atoms with Crippen LogP contribution in [0, 0.1) is 6.92 Å². The highest BCUT2D eigenvalue weighted by molar-refractivity contribution is 6.51. The van der Waals surface area contributed by atoms with E-state index in [0.717, 1.165) is 5.56 Å². The Hall–Kier alpha value is -3.57. The van der Waals surface area contributed by atoms with Crippen molar-refractivity contribution in [3.8, 4) is 5.75 Å². The van der Waals surface area contributed by atoms with E-state index >= 15 is 0 Å². The minimum Gasteiger partial charge on any atom is -0.507 e. The standard InChI is InChI=1S/C26H22ClNO4/c1-3-32-20-9-6-8-18(15-20)23-22(24(29)17-11-13-19(27)14-12-17)25(30)26(31)28(23)21-10-5-4-7-16(21)2/h4-15,23,29H,3H2,1-2H3/b24-22-. The number of aliphatic hydroxyl groups excluding tert-OH is 1. The molecule has 0 spiro atoms. The van der Waals surface area contributed by atoms with Crippen molar-refractivity contribution in [1.82, 2.24) is 0 Å². The van der Waals surface area contributed by atoms with E-state index in [1.807, 2.05) is 44.2 Å². The molecule has 1 N–H and O–H groups in total. The number of nitrogens with zero attached hydrogens (tertiary/aromatic N) is 1. The van der Waals surface area contributed by atoms with Crippen LogP contribution in [-0.4, -0.2) is 23.4 Å². The predicted octanol–water partition coefficient (Wildman–Crippen LogP) is 5.67. The molecule has 0 aliphatic carbocycles. The SMILES string of the molecule is CCOc1cccc(C2/C(=C(/O)c3ccc(Cl)cc3)C(=O)C(=O)N2c2ccccc2C)c1. The summed E-state index contributed by atoms with van der Waals surface area (Å²) in [7, 11) is 0. The molecule has 162 valence electrons. The van der Waals surface area contributed by atoms with Crippen molar-refractivity contribution in [3.63, 3.8) is 0 Å². The lowest BCUT2D eigenvalue weighted by atomic mass is 9.94. The normalized spacial score (nSPS) is 17.6. The molecule has 1 unspecified atom stereocenters. The molecule has 3 aromatic rings. The summed E-state index contributed by atoms with van der Waals surface area (Å²) in [5.41, 5.74) is 2.54. The van der Waals surface area contributed by atoms with Gasteiger partial charge >= 0.3 is 0 Å². The zero-order valence-corrected chi connectivity index (χ0v) is 18.5. The minimum absolute atomic E-state index is 0.0224. The van der Waals surface area contributed by atoms with Gasteiger partial charge in [0.1, 0.15) is 11.5 Å². The van der Waals surface area contributed by atoms with E-state index in [4.69, 9.17) is 16.3 Å². The van der Waals surface area contributed by atoms with Crippen molar-refractivity contribution < 1.29 is 19.4 Å². The Morgan fingerprint density at radius 2 is 1.75 bits per heavy atom. The van der Waals surface area contributed by atoms with E-state index in [-0.39, 0.29) is 11.3 Å². The molecule has 1 aliphatic rings. The van der Waals surface area contributed by atoms with Gasteiger partial charge in [-0.15, -0.1) is 0 Å². The average molecular weight is 448 g/mol. The predicted molar refractivity (Wildman–Crippen MR) is 125 cm³/mol. The van der Waals surface area contributed by atoms with Gasteiger partial charge in [-0.1, -0.05) is 41.9 Å². The van der Waals surface area contributed by atoms with Gasteiger partial charge in [-0.25, -0.2) is 0 Å². The van der Waals surface area contributed by atoms with Gasteiger partial charge in [0.15, 0.2) is 0 Å². The maximum absolute atomic E-state index is 13.2. The number of carbonyl (C=O) groups is 2. The van der Waals surface area contributed by atoms with E-state index in [2.05, 4.69) is 0 Å². The van der Waals surface area contributed by atoms with Gasteiger partial charge < -0.3 is 9.84 Å². The van der Waals surface area contributed by atoms with Gasteiger partial charge in [0.05, 0.1) is 18.2 Å². The second-order valence-electron chi connectivity index (χ2n) is 7.47. The Morgan fingerprint density at radius 3 is 2.44 bits per heavy atom.